The summed E-state index contributed by atoms with van der Waals surface area (Å²) in [6.07, 6.45) is 1.39. The number of carbonyl (C=O) groups is 4. The minimum absolute atomic E-state index is 0.0434. The van der Waals surface area contributed by atoms with Gasteiger partial charge in [0.05, 0.1) is 4.91 Å². The molecular weight excluding hydrogens is 495 g/mol. The molecule has 1 aliphatic rings. The minimum atomic E-state index is -1.17. The number of rotatable bonds is 7. The zero-order chi connectivity index (χ0) is 22.5. The van der Waals surface area contributed by atoms with Crippen molar-refractivity contribution in [2.75, 3.05) is 18.5 Å². The maximum atomic E-state index is 13.2. The van der Waals surface area contributed by atoms with Gasteiger partial charge in [-0.1, -0.05) is 22.0 Å². The minimum Gasteiger partial charge on any atom is -0.481 e. The summed E-state index contributed by atoms with van der Waals surface area (Å²) in [5.41, 5.74) is 0.576. The Balaban J connectivity index is 1.75. The van der Waals surface area contributed by atoms with Crippen molar-refractivity contribution < 1.29 is 33.4 Å². The van der Waals surface area contributed by atoms with E-state index in [4.69, 9.17) is 9.84 Å². The highest BCUT2D eigenvalue weighted by Gasteiger charge is 2.36. The molecule has 0 atom stereocenters. The van der Waals surface area contributed by atoms with Crippen molar-refractivity contribution in [1.82, 2.24) is 4.90 Å². The second-order valence-electron chi connectivity index (χ2n) is 6.19. The van der Waals surface area contributed by atoms with E-state index in [9.17, 15) is 23.6 Å². The van der Waals surface area contributed by atoms with Gasteiger partial charge < -0.3 is 15.2 Å². The molecule has 0 radical (unpaired) electrons. The molecule has 0 spiro atoms. The molecule has 31 heavy (non-hydrogen) atoms. The monoisotopic (exact) mass is 508 g/mol. The fourth-order valence-corrected chi connectivity index (χ4v) is 3.80. The molecule has 0 aromatic heterocycles. The van der Waals surface area contributed by atoms with E-state index in [1.165, 1.54) is 30.3 Å². The third-order valence-corrected chi connectivity index (χ3v) is 5.29. The van der Waals surface area contributed by atoms with Gasteiger partial charge in [-0.15, -0.1) is 0 Å². The van der Waals surface area contributed by atoms with Gasteiger partial charge in [0.2, 0.25) is 5.91 Å². The molecule has 3 amide bonds. The number of hydrogen-bond donors (Lipinski definition) is 2. The second kappa shape index (κ2) is 9.75. The lowest BCUT2D eigenvalue weighted by Gasteiger charge is -2.12. The molecule has 2 aromatic rings. The molecule has 8 nitrogen and oxygen atoms in total. The molecule has 0 unspecified atom stereocenters. The van der Waals surface area contributed by atoms with Crippen molar-refractivity contribution in [2.45, 2.75) is 0 Å². The zero-order valence-electron chi connectivity index (χ0n) is 15.6. The number of hydrogen-bond acceptors (Lipinski definition) is 6. The van der Waals surface area contributed by atoms with E-state index in [-0.39, 0.29) is 16.3 Å². The third kappa shape index (κ3) is 5.92. The first-order chi connectivity index (χ1) is 14.7. The van der Waals surface area contributed by atoms with Gasteiger partial charge in [0, 0.05) is 15.7 Å². The van der Waals surface area contributed by atoms with Crippen LogP contribution >= 0.6 is 27.7 Å². The Morgan fingerprint density at radius 1 is 1.23 bits per heavy atom. The summed E-state index contributed by atoms with van der Waals surface area (Å²) in [6.45, 7) is -1.12. The van der Waals surface area contributed by atoms with E-state index in [2.05, 4.69) is 21.2 Å². The molecule has 0 saturated carbocycles. The van der Waals surface area contributed by atoms with E-state index < -0.39 is 42.0 Å². The third-order valence-electron chi connectivity index (χ3n) is 3.89. The Hall–Kier alpha value is -3.18. The van der Waals surface area contributed by atoms with E-state index in [0.29, 0.717) is 21.8 Å². The SMILES string of the molecule is O=C(O)COc1ccc(Br)cc1/C=C1/SC(=O)N(CC(=O)Nc2cccc(F)c2)C1=O. The van der Waals surface area contributed by atoms with Crippen LogP contribution in [0.5, 0.6) is 5.75 Å². The van der Waals surface area contributed by atoms with Gasteiger partial charge in [-0.3, -0.25) is 19.3 Å². The quantitative estimate of drug-likeness (QED) is 0.547. The van der Waals surface area contributed by atoms with Gasteiger partial charge in [-0.25, -0.2) is 9.18 Å². The molecule has 1 heterocycles. The Labute approximate surface area is 188 Å². The van der Waals surface area contributed by atoms with Gasteiger partial charge in [0.15, 0.2) is 6.61 Å². The predicted molar refractivity (Wildman–Crippen MR) is 115 cm³/mol. The largest absolute Gasteiger partial charge is 0.481 e. The van der Waals surface area contributed by atoms with Gasteiger partial charge in [-0.2, -0.15) is 0 Å². The number of anilines is 1. The van der Waals surface area contributed by atoms with Gasteiger partial charge in [0.25, 0.3) is 11.1 Å². The first-order valence-corrected chi connectivity index (χ1v) is 10.3. The van der Waals surface area contributed by atoms with Crippen LogP contribution in [0.2, 0.25) is 0 Å². The Bertz CT molecular complexity index is 1110. The summed E-state index contributed by atoms with van der Waals surface area (Å²) in [5.74, 6) is -2.85. The lowest BCUT2D eigenvalue weighted by atomic mass is 10.2. The highest BCUT2D eigenvalue weighted by Crippen LogP contribution is 2.34. The number of carboxylic acid groups (broad SMARTS) is 1. The summed E-state index contributed by atoms with van der Waals surface area (Å²) < 4.78 is 19.1. The summed E-state index contributed by atoms with van der Waals surface area (Å²) in [6, 6.07) is 9.97. The van der Waals surface area contributed by atoms with E-state index in [1.54, 1.807) is 12.1 Å². The lowest BCUT2D eigenvalue weighted by molar-refractivity contribution is -0.139. The number of benzene rings is 2. The average Bonchev–Trinajstić information content (AvgIpc) is 2.94. The van der Waals surface area contributed by atoms with Crippen molar-refractivity contribution in [3.8, 4) is 5.75 Å². The molecule has 0 bridgehead atoms. The number of nitrogens with zero attached hydrogens (tertiary/aromatic N) is 1. The molecule has 2 N–H and O–H groups in total. The fraction of sp³-hybridized carbons (Fsp3) is 0.100. The smallest absolute Gasteiger partial charge is 0.341 e. The standard InChI is InChI=1S/C20H14BrFN2O6S/c21-12-4-5-15(30-10-18(26)27)11(6-12)7-16-19(28)24(20(29)31-16)9-17(25)23-14-3-1-2-13(22)8-14/h1-8H,9-10H2,(H,23,25)(H,26,27)/b16-7+. The van der Waals surface area contributed by atoms with Gasteiger partial charge >= 0.3 is 5.97 Å². The second-order valence-corrected chi connectivity index (χ2v) is 8.10. The summed E-state index contributed by atoms with van der Waals surface area (Å²) in [4.78, 5) is 48.7. The van der Waals surface area contributed by atoms with E-state index >= 15 is 0 Å². The van der Waals surface area contributed by atoms with Crippen molar-refractivity contribution in [3.63, 3.8) is 0 Å². The average molecular weight is 509 g/mol. The number of halogens is 2. The normalized spacial score (nSPS) is 14.8. The van der Waals surface area contributed by atoms with E-state index in [1.807, 2.05) is 0 Å². The number of ether oxygens (including phenoxy) is 1. The summed E-state index contributed by atoms with van der Waals surface area (Å²) in [5, 5.41) is 10.6. The number of nitrogens with one attached hydrogen (secondary N) is 1. The molecule has 0 aliphatic carbocycles. The van der Waals surface area contributed by atoms with Crippen molar-refractivity contribution >= 4 is 62.5 Å². The first-order valence-electron chi connectivity index (χ1n) is 8.68. The van der Waals surface area contributed by atoms with Gasteiger partial charge in [-0.05, 0) is 54.2 Å². The van der Waals surface area contributed by atoms with Crippen molar-refractivity contribution in [3.05, 3.63) is 63.2 Å². The summed E-state index contributed by atoms with van der Waals surface area (Å²) in [7, 11) is 0. The summed E-state index contributed by atoms with van der Waals surface area (Å²) >= 11 is 3.92. The van der Waals surface area contributed by atoms with Crippen LogP contribution in [0, 0.1) is 5.82 Å². The molecule has 1 saturated heterocycles. The van der Waals surface area contributed by atoms with Crippen LogP contribution in [0.4, 0.5) is 14.9 Å². The zero-order valence-corrected chi connectivity index (χ0v) is 18.0. The van der Waals surface area contributed by atoms with Crippen LogP contribution in [0.3, 0.4) is 0 Å². The highest BCUT2D eigenvalue weighted by molar-refractivity contribution is 9.10. The van der Waals surface area contributed by atoms with Crippen molar-refractivity contribution in [1.29, 1.82) is 0 Å². The van der Waals surface area contributed by atoms with Crippen LogP contribution in [-0.4, -0.2) is 46.2 Å². The molecule has 1 fully saturated rings. The number of imide groups is 1. The van der Waals surface area contributed by atoms with Gasteiger partial charge in [0.1, 0.15) is 18.1 Å². The maximum Gasteiger partial charge on any atom is 0.341 e. The molecule has 2 aromatic carbocycles. The number of aliphatic carboxylic acids is 1. The van der Waals surface area contributed by atoms with E-state index in [0.717, 1.165) is 11.0 Å². The molecule has 3 rings (SSSR count). The molecule has 11 heteroatoms. The number of carboxylic acids is 1. The Morgan fingerprint density at radius 2 is 2.00 bits per heavy atom. The Morgan fingerprint density at radius 3 is 2.71 bits per heavy atom. The predicted octanol–water partition coefficient (Wildman–Crippen LogP) is 3.73. The maximum absolute atomic E-state index is 13.2. The molecule has 1 aliphatic heterocycles. The number of amides is 3. The topological polar surface area (TPSA) is 113 Å². The number of thioether (sulfide) groups is 1. The van der Waals surface area contributed by atoms with Crippen LogP contribution in [0.25, 0.3) is 6.08 Å². The van der Waals surface area contributed by atoms with Crippen molar-refractivity contribution in [2.24, 2.45) is 0 Å². The number of carbonyl (C=O) groups excluding carboxylic acids is 3. The lowest BCUT2D eigenvalue weighted by Crippen LogP contribution is -2.36. The fourth-order valence-electron chi connectivity index (χ4n) is 2.59. The first kappa shape index (κ1) is 22.5. The Kier molecular flexibility index (Phi) is 7.08. The molecule has 160 valence electrons. The van der Waals surface area contributed by atoms with Crippen LogP contribution < -0.4 is 10.1 Å². The van der Waals surface area contributed by atoms with Crippen LogP contribution in [0.1, 0.15) is 5.56 Å². The molecular formula is C20H14BrFN2O6S. The van der Waals surface area contributed by atoms with Crippen LogP contribution in [-0.2, 0) is 14.4 Å². The highest BCUT2D eigenvalue weighted by atomic mass is 79.9. The van der Waals surface area contributed by atoms with Crippen LogP contribution in [0.15, 0.2) is 51.8 Å².